The highest BCUT2D eigenvalue weighted by molar-refractivity contribution is 7.20. The normalized spacial score (nSPS) is 26.6. The van der Waals surface area contributed by atoms with E-state index in [1.807, 2.05) is 0 Å². The SMILES string of the molecule is CC1(C)[C@@H](NC(=O)c2cc3cc(C(F)(F)F)ccc3s2)C2CCN1CC2.Cl. The second-order valence-corrected chi connectivity index (χ2v) is 8.87. The van der Waals surface area contributed by atoms with Gasteiger partial charge in [0.1, 0.15) is 0 Å². The Labute approximate surface area is 166 Å². The molecule has 8 heteroatoms. The number of carbonyl (C=O) groups excluding carboxylic acids is 1. The number of nitrogens with one attached hydrogen (secondary N) is 1. The van der Waals surface area contributed by atoms with Crippen LogP contribution in [0.15, 0.2) is 24.3 Å². The molecule has 148 valence electrons. The van der Waals surface area contributed by atoms with Gasteiger partial charge < -0.3 is 5.32 Å². The zero-order valence-corrected chi connectivity index (χ0v) is 16.7. The number of amides is 1. The Balaban J connectivity index is 0.00000210. The zero-order chi connectivity index (χ0) is 18.7. The van der Waals surface area contributed by atoms with Gasteiger partial charge in [0.05, 0.1) is 10.4 Å². The van der Waals surface area contributed by atoms with Gasteiger partial charge in [-0.3, -0.25) is 9.69 Å². The zero-order valence-electron chi connectivity index (χ0n) is 15.1. The molecule has 0 spiro atoms. The Bertz CT molecular complexity index is 856. The van der Waals surface area contributed by atoms with Gasteiger partial charge in [-0.05, 0) is 75.3 Å². The van der Waals surface area contributed by atoms with Gasteiger partial charge in [-0.25, -0.2) is 0 Å². The average molecular weight is 419 g/mol. The predicted octanol–water partition coefficient (Wildman–Crippen LogP) is 4.94. The second-order valence-electron chi connectivity index (χ2n) is 7.79. The van der Waals surface area contributed by atoms with Crippen LogP contribution in [-0.2, 0) is 6.18 Å². The third-order valence-corrected chi connectivity index (χ3v) is 7.06. The van der Waals surface area contributed by atoms with Gasteiger partial charge in [0.25, 0.3) is 5.91 Å². The molecule has 3 aliphatic heterocycles. The average Bonchev–Trinajstić information content (AvgIpc) is 3.01. The van der Waals surface area contributed by atoms with Crippen LogP contribution in [0.5, 0.6) is 0 Å². The van der Waals surface area contributed by atoms with Crippen molar-refractivity contribution in [3.63, 3.8) is 0 Å². The summed E-state index contributed by atoms with van der Waals surface area (Å²) in [6, 6.07) is 5.25. The summed E-state index contributed by atoms with van der Waals surface area (Å²) >= 11 is 1.24. The Morgan fingerprint density at radius 3 is 2.48 bits per heavy atom. The van der Waals surface area contributed by atoms with Crippen molar-refractivity contribution in [2.75, 3.05) is 13.1 Å². The molecule has 0 unspecified atom stereocenters. The number of thiophene rings is 1. The van der Waals surface area contributed by atoms with Crippen LogP contribution in [0.3, 0.4) is 0 Å². The van der Waals surface area contributed by atoms with Crippen molar-refractivity contribution < 1.29 is 18.0 Å². The third kappa shape index (κ3) is 3.57. The first-order chi connectivity index (χ1) is 12.2. The molecule has 27 heavy (non-hydrogen) atoms. The maximum atomic E-state index is 12.9. The Morgan fingerprint density at radius 2 is 1.89 bits per heavy atom. The summed E-state index contributed by atoms with van der Waals surface area (Å²) in [6.45, 7) is 6.44. The Kier molecular flexibility index (Phi) is 5.25. The molecule has 1 amide bonds. The van der Waals surface area contributed by atoms with E-state index >= 15 is 0 Å². The van der Waals surface area contributed by atoms with E-state index in [0.29, 0.717) is 20.9 Å². The summed E-state index contributed by atoms with van der Waals surface area (Å²) in [6.07, 6.45) is -2.22. The summed E-state index contributed by atoms with van der Waals surface area (Å²) in [5.74, 6) is 0.275. The summed E-state index contributed by atoms with van der Waals surface area (Å²) in [5, 5.41) is 3.63. The number of piperidine rings is 3. The van der Waals surface area contributed by atoms with Crippen LogP contribution in [0, 0.1) is 5.92 Å². The number of rotatable bonds is 2. The number of alkyl halides is 3. The van der Waals surface area contributed by atoms with Crippen molar-refractivity contribution in [2.24, 2.45) is 5.92 Å². The minimum absolute atomic E-state index is 0. The highest BCUT2D eigenvalue weighted by Gasteiger charge is 2.48. The standard InChI is InChI=1S/C19H21F3N2OS.ClH/c1-18(2)16(11-5-7-24(18)8-6-11)23-17(25)15-10-12-9-13(19(20,21)22)3-4-14(12)26-15;/h3-4,9-11,16H,5-8H2,1-2H3,(H,23,25);1H/t16-;/m0./s1. The first-order valence-electron chi connectivity index (χ1n) is 8.83. The predicted molar refractivity (Wildman–Crippen MR) is 104 cm³/mol. The molecule has 5 rings (SSSR count). The van der Waals surface area contributed by atoms with E-state index < -0.39 is 11.7 Å². The number of carbonyl (C=O) groups is 1. The molecule has 3 nitrogen and oxygen atoms in total. The van der Waals surface area contributed by atoms with E-state index in [1.54, 1.807) is 6.07 Å². The molecule has 1 N–H and O–H groups in total. The molecular formula is C19H22ClF3N2OS. The first-order valence-corrected chi connectivity index (χ1v) is 9.64. The van der Waals surface area contributed by atoms with Gasteiger partial charge in [0.15, 0.2) is 0 Å². The van der Waals surface area contributed by atoms with E-state index in [-0.39, 0.29) is 29.9 Å². The molecule has 2 aromatic rings. The van der Waals surface area contributed by atoms with Crippen molar-refractivity contribution in [3.8, 4) is 0 Å². The van der Waals surface area contributed by atoms with Crippen LogP contribution in [0.25, 0.3) is 10.1 Å². The maximum Gasteiger partial charge on any atom is 0.416 e. The molecule has 1 aromatic heterocycles. The minimum Gasteiger partial charge on any atom is -0.346 e. The van der Waals surface area contributed by atoms with Crippen LogP contribution in [0.4, 0.5) is 13.2 Å². The minimum atomic E-state index is -4.38. The maximum absolute atomic E-state index is 12.9. The van der Waals surface area contributed by atoms with E-state index in [2.05, 4.69) is 24.1 Å². The molecule has 1 aromatic carbocycles. The van der Waals surface area contributed by atoms with Crippen LogP contribution in [0.2, 0.25) is 0 Å². The second kappa shape index (κ2) is 6.94. The molecule has 0 aliphatic carbocycles. The third-order valence-electron chi connectivity index (χ3n) is 5.94. The monoisotopic (exact) mass is 418 g/mol. The van der Waals surface area contributed by atoms with Gasteiger partial charge >= 0.3 is 6.18 Å². The summed E-state index contributed by atoms with van der Waals surface area (Å²) in [7, 11) is 0. The summed E-state index contributed by atoms with van der Waals surface area (Å²) in [5.41, 5.74) is -0.787. The Morgan fingerprint density at radius 1 is 1.22 bits per heavy atom. The fraction of sp³-hybridized carbons (Fsp3) is 0.526. The largest absolute Gasteiger partial charge is 0.416 e. The number of hydrogen-bond acceptors (Lipinski definition) is 3. The topological polar surface area (TPSA) is 32.3 Å². The van der Waals surface area contributed by atoms with E-state index in [4.69, 9.17) is 0 Å². The highest BCUT2D eigenvalue weighted by Crippen LogP contribution is 2.39. The molecule has 0 radical (unpaired) electrons. The van der Waals surface area contributed by atoms with Gasteiger partial charge in [-0.15, -0.1) is 23.7 Å². The fourth-order valence-corrected chi connectivity index (χ4v) is 5.37. The van der Waals surface area contributed by atoms with Gasteiger partial charge in [-0.1, -0.05) is 0 Å². The van der Waals surface area contributed by atoms with E-state index in [9.17, 15) is 18.0 Å². The van der Waals surface area contributed by atoms with Crippen LogP contribution in [0.1, 0.15) is 41.9 Å². The van der Waals surface area contributed by atoms with Gasteiger partial charge in [-0.2, -0.15) is 13.2 Å². The van der Waals surface area contributed by atoms with Crippen molar-refractivity contribution in [2.45, 2.75) is 44.4 Å². The van der Waals surface area contributed by atoms with Gasteiger partial charge in [0.2, 0.25) is 0 Å². The number of nitrogens with zero attached hydrogens (tertiary/aromatic N) is 1. The lowest BCUT2D eigenvalue weighted by molar-refractivity contribution is -0.137. The molecule has 0 saturated carbocycles. The van der Waals surface area contributed by atoms with Crippen molar-refractivity contribution in [1.29, 1.82) is 0 Å². The Hall–Kier alpha value is -1.31. The number of fused-ring (bicyclic) bond motifs is 4. The van der Waals surface area contributed by atoms with Crippen molar-refractivity contribution >= 4 is 39.7 Å². The van der Waals surface area contributed by atoms with E-state index in [1.165, 1.54) is 17.4 Å². The number of hydrogen-bond donors (Lipinski definition) is 1. The lowest BCUT2D eigenvalue weighted by Gasteiger charge is -2.56. The summed E-state index contributed by atoms with van der Waals surface area (Å²) < 4.78 is 39.3. The quantitative estimate of drug-likeness (QED) is 0.748. The lowest BCUT2D eigenvalue weighted by atomic mass is 9.72. The molecule has 3 aliphatic rings. The molecular weight excluding hydrogens is 397 g/mol. The van der Waals surface area contributed by atoms with Crippen molar-refractivity contribution in [1.82, 2.24) is 10.2 Å². The van der Waals surface area contributed by atoms with Crippen LogP contribution < -0.4 is 5.32 Å². The smallest absolute Gasteiger partial charge is 0.346 e. The first kappa shape index (κ1) is 20.4. The number of benzene rings is 1. The van der Waals surface area contributed by atoms with Crippen LogP contribution in [-0.4, -0.2) is 35.5 Å². The fourth-order valence-electron chi connectivity index (χ4n) is 4.42. The molecule has 2 bridgehead atoms. The number of halogens is 4. The molecule has 3 fully saturated rings. The molecule has 1 atom stereocenters. The van der Waals surface area contributed by atoms with Crippen molar-refractivity contribution in [3.05, 3.63) is 34.7 Å². The molecule has 3 saturated heterocycles. The van der Waals surface area contributed by atoms with Gasteiger partial charge in [0, 0.05) is 16.3 Å². The molecule has 4 heterocycles. The highest BCUT2D eigenvalue weighted by atomic mass is 35.5. The van der Waals surface area contributed by atoms with Crippen LogP contribution >= 0.6 is 23.7 Å². The lowest BCUT2D eigenvalue weighted by Crippen LogP contribution is -2.69. The van der Waals surface area contributed by atoms with E-state index in [0.717, 1.165) is 38.1 Å². The summed E-state index contributed by atoms with van der Waals surface area (Å²) in [4.78, 5) is 15.7.